The number of imidazole rings is 1. The summed E-state index contributed by atoms with van der Waals surface area (Å²) in [6.07, 6.45) is -1.25. The van der Waals surface area contributed by atoms with Crippen LogP contribution in [0.4, 0.5) is 11.6 Å². The van der Waals surface area contributed by atoms with Gasteiger partial charge in [0.15, 0.2) is 23.2 Å². The van der Waals surface area contributed by atoms with Gasteiger partial charge < -0.3 is 31.1 Å². The lowest BCUT2D eigenvalue weighted by Crippen LogP contribution is -2.33. The van der Waals surface area contributed by atoms with Gasteiger partial charge in [-0.2, -0.15) is 0 Å². The van der Waals surface area contributed by atoms with Crippen LogP contribution in [0.25, 0.3) is 11.2 Å². The van der Waals surface area contributed by atoms with E-state index in [1.807, 2.05) is 6.07 Å². The molecule has 6 N–H and O–H groups in total. The molecule has 0 amide bonds. The molecule has 0 saturated carbocycles. The van der Waals surface area contributed by atoms with E-state index in [1.54, 1.807) is 18.3 Å². The molecule has 0 aromatic carbocycles. The fraction of sp³-hybridized carbons (Fsp3) is 0.375. The summed E-state index contributed by atoms with van der Waals surface area (Å²) in [5, 5.41) is 32.7. The zero-order chi connectivity index (χ0) is 19.0. The quantitative estimate of drug-likeness (QED) is 0.376. The van der Waals surface area contributed by atoms with E-state index in [4.69, 9.17) is 10.5 Å². The van der Waals surface area contributed by atoms with E-state index in [1.165, 1.54) is 10.9 Å². The molecule has 3 aromatic heterocycles. The van der Waals surface area contributed by atoms with Gasteiger partial charge in [0, 0.05) is 6.20 Å². The van der Waals surface area contributed by atoms with E-state index >= 15 is 0 Å². The molecule has 1 aliphatic heterocycles. The van der Waals surface area contributed by atoms with Crippen LogP contribution in [-0.2, 0) is 11.3 Å². The second kappa shape index (κ2) is 7.13. The Morgan fingerprint density at radius 2 is 2.04 bits per heavy atom. The Balaban J connectivity index is 1.77. The summed E-state index contributed by atoms with van der Waals surface area (Å²) in [6, 6.07) is 5.40. The van der Waals surface area contributed by atoms with Crippen LogP contribution in [0.15, 0.2) is 30.7 Å². The number of rotatable bonds is 5. The number of hydrogen-bond acceptors (Lipinski definition) is 10. The SMILES string of the molecule is NCc1nc(Nc2ccccn2)c2ncn([C@@H]3O[C@H](CO)[C@@H](O)[C@H]3O)c2n1. The van der Waals surface area contributed by atoms with Crippen LogP contribution >= 0.6 is 0 Å². The maximum Gasteiger partial charge on any atom is 0.168 e. The molecule has 3 aromatic rings. The number of ether oxygens (including phenoxy) is 1. The molecular weight excluding hydrogens is 354 g/mol. The van der Waals surface area contributed by atoms with Crippen LogP contribution in [0.5, 0.6) is 0 Å². The fourth-order valence-electron chi connectivity index (χ4n) is 2.99. The van der Waals surface area contributed by atoms with Crippen LogP contribution in [-0.4, -0.2) is 64.7 Å². The first kappa shape index (κ1) is 17.7. The van der Waals surface area contributed by atoms with Crippen molar-refractivity contribution in [2.45, 2.75) is 31.1 Å². The van der Waals surface area contributed by atoms with Crippen LogP contribution in [0, 0.1) is 0 Å². The summed E-state index contributed by atoms with van der Waals surface area (Å²) in [4.78, 5) is 17.3. The second-order valence-corrected chi connectivity index (χ2v) is 6.09. The van der Waals surface area contributed by atoms with Crippen molar-refractivity contribution in [1.82, 2.24) is 24.5 Å². The van der Waals surface area contributed by atoms with Gasteiger partial charge in [0.2, 0.25) is 0 Å². The predicted octanol–water partition coefficient (Wildman–Crippen LogP) is -0.965. The first-order chi connectivity index (χ1) is 13.1. The molecule has 1 saturated heterocycles. The zero-order valence-corrected chi connectivity index (χ0v) is 14.2. The number of hydrogen-bond donors (Lipinski definition) is 5. The number of pyridine rings is 1. The Hall–Kier alpha value is -2.70. The molecule has 1 fully saturated rings. The van der Waals surface area contributed by atoms with Gasteiger partial charge in [0.25, 0.3) is 0 Å². The van der Waals surface area contributed by atoms with E-state index in [0.29, 0.717) is 28.6 Å². The number of aliphatic hydroxyl groups is 3. The number of anilines is 2. The molecule has 11 heteroatoms. The Labute approximate surface area is 153 Å². The summed E-state index contributed by atoms with van der Waals surface area (Å²) in [5.41, 5.74) is 6.52. The lowest BCUT2D eigenvalue weighted by molar-refractivity contribution is -0.0511. The number of aromatic nitrogens is 5. The Kier molecular flexibility index (Phi) is 4.68. The number of aliphatic hydroxyl groups excluding tert-OH is 3. The van der Waals surface area contributed by atoms with Crippen molar-refractivity contribution in [3.8, 4) is 0 Å². The lowest BCUT2D eigenvalue weighted by atomic mass is 10.1. The summed E-state index contributed by atoms with van der Waals surface area (Å²) in [6.45, 7) is -0.329. The molecule has 0 radical (unpaired) electrons. The molecule has 0 spiro atoms. The summed E-state index contributed by atoms with van der Waals surface area (Å²) in [7, 11) is 0. The van der Waals surface area contributed by atoms with Gasteiger partial charge in [0.05, 0.1) is 19.5 Å². The third-order valence-corrected chi connectivity index (χ3v) is 4.35. The van der Waals surface area contributed by atoms with Gasteiger partial charge in [-0.3, -0.25) is 4.57 Å². The van der Waals surface area contributed by atoms with Crippen molar-refractivity contribution in [1.29, 1.82) is 0 Å². The molecule has 0 bridgehead atoms. The summed E-state index contributed by atoms with van der Waals surface area (Å²) in [5.74, 6) is 1.34. The van der Waals surface area contributed by atoms with Crippen molar-refractivity contribution < 1.29 is 20.1 Å². The molecule has 142 valence electrons. The average Bonchev–Trinajstić information content (AvgIpc) is 3.24. The molecule has 0 aliphatic carbocycles. The largest absolute Gasteiger partial charge is 0.394 e. The molecule has 1 aliphatic rings. The predicted molar refractivity (Wildman–Crippen MR) is 93.7 cm³/mol. The molecular formula is C16H19N7O4. The van der Waals surface area contributed by atoms with Crippen molar-refractivity contribution in [3.05, 3.63) is 36.5 Å². The van der Waals surface area contributed by atoms with Crippen molar-refractivity contribution in [2.75, 3.05) is 11.9 Å². The van der Waals surface area contributed by atoms with Gasteiger partial charge >= 0.3 is 0 Å². The first-order valence-electron chi connectivity index (χ1n) is 8.36. The topological polar surface area (TPSA) is 164 Å². The molecule has 4 heterocycles. The zero-order valence-electron chi connectivity index (χ0n) is 14.2. The van der Waals surface area contributed by atoms with Gasteiger partial charge in [0.1, 0.15) is 30.0 Å². The number of fused-ring (bicyclic) bond motifs is 1. The highest BCUT2D eigenvalue weighted by Crippen LogP contribution is 2.32. The standard InChI is InChI=1S/C16H19N7O4/c17-5-10-21-14(20-9-3-1-2-4-18-9)11-15(22-10)23(7-19-11)16-13(26)12(25)8(6-24)27-16/h1-4,7-8,12-13,16,24-26H,5-6,17H2,(H,18,20,21,22)/t8-,12-,13-,16-/m1/s1. The third-order valence-electron chi connectivity index (χ3n) is 4.35. The second-order valence-electron chi connectivity index (χ2n) is 6.09. The minimum atomic E-state index is -1.25. The lowest BCUT2D eigenvalue weighted by Gasteiger charge is -2.17. The fourth-order valence-corrected chi connectivity index (χ4v) is 2.99. The Bertz CT molecular complexity index is 935. The molecule has 27 heavy (non-hydrogen) atoms. The highest BCUT2D eigenvalue weighted by atomic mass is 16.6. The van der Waals surface area contributed by atoms with Gasteiger partial charge in [-0.1, -0.05) is 6.07 Å². The van der Waals surface area contributed by atoms with Crippen LogP contribution < -0.4 is 11.1 Å². The Morgan fingerprint density at radius 1 is 1.19 bits per heavy atom. The highest BCUT2D eigenvalue weighted by Gasteiger charge is 2.44. The average molecular weight is 373 g/mol. The number of nitrogens with two attached hydrogens (primary N) is 1. The van der Waals surface area contributed by atoms with Gasteiger partial charge in [-0.25, -0.2) is 19.9 Å². The maximum absolute atomic E-state index is 10.3. The number of nitrogens with one attached hydrogen (secondary N) is 1. The first-order valence-corrected chi connectivity index (χ1v) is 8.36. The minimum absolute atomic E-state index is 0.0913. The van der Waals surface area contributed by atoms with Crippen molar-refractivity contribution in [3.63, 3.8) is 0 Å². The van der Waals surface area contributed by atoms with E-state index in [0.717, 1.165) is 0 Å². The third kappa shape index (κ3) is 3.11. The molecule has 0 unspecified atom stereocenters. The smallest absolute Gasteiger partial charge is 0.168 e. The van der Waals surface area contributed by atoms with Gasteiger partial charge in [-0.15, -0.1) is 0 Å². The normalized spacial score (nSPS) is 25.2. The van der Waals surface area contributed by atoms with Crippen LogP contribution in [0.2, 0.25) is 0 Å². The van der Waals surface area contributed by atoms with Gasteiger partial charge in [-0.05, 0) is 12.1 Å². The summed E-state index contributed by atoms with van der Waals surface area (Å²) < 4.78 is 7.06. The van der Waals surface area contributed by atoms with Crippen molar-refractivity contribution in [2.24, 2.45) is 5.73 Å². The van der Waals surface area contributed by atoms with E-state index in [-0.39, 0.29) is 6.54 Å². The van der Waals surface area contributed by atoms with Crippen LogP contribution in [0.3, 0.4) is 0 Å². The van der Waals surface area contributed by atoms with E-state index < -0.39 is 31.1 Å². The monoisotopic (exact) mass is 373 g/mol. The minimum Gasteiger partial charge on any atom is -0.394 e. The van der Waals surface area contributed by atoms with E-state index in [9.17, 15) is 15.3 Å². The molecule has 4 atom stereocenters. The van der Waals surface area contributed by atoms with Crippen molar-refractivity contribution >= 4 is 22.8 Å². The summed E-state index contributed by atoms with van der Waals surface area (Å²) >= 11 is 0. The molecule has 4 rings (SSSR count). The maximum atomic E-state index is 10.3. The van der Waals surface area contributed by atoms with E-state index in [2.05, 4.69) is 25.3 Å². The number of nitrogens with zero attached hydrogens (tertiary/aromatic N) is 5. The molecule has 11 nitrogen and oxygen atoms in total. The highest BCUT2D eigenvalue weighted by molar-refractivity contribution is 5.85. The van der Waals surface area contributed by atoms with Crippen LogP contribution in [0.1, 0.15) is 12.1 Å². The Morgan fingerprint density at radius 3 is 2.70 bits per heavy atom.